The van der Waals surface area contributed by atoms with E-state index in [9.17, 15) is 4.79 Å². The molecular weight excluding hydrogens is 206 g/mol. The van der Waals surface area contributed by atoms with Gasteiger partial charge in [0, 0.05) is 12.5 Å². The molecule has 5 heteroatoms. The molecule has 0 amide bonds. The number of nitrogens with zero attached hydrogens (tertiary/aromatic N) is 2. The van der Waals surface area contributed by atoms with Gasteiger partial charge in [0.15, 0.2) is 5.78 Å². The SMILES string of the molecule is O=C(c1cn[nH]n1)C1CCOC2(CCC2)C1. The minimum Gasteiger partial charge on any atom is -0.375 e. The summed E-state index contributed by atoms with van der Waals surface area (Å²) in [6, 6.07) is 0. The molecule has 5 nitrogen and oxygen atoms in total. The van der Waals surface area contributed by atoms with Crippen molar-refractivity contribution in [1.29, 1.82) is 0 Å². The molecule has 1 N–H and O–H groups in total. The van der Waals surface area contributed by atoms with Crippen LogP contribution < -0.4 is 0 Å². The molecule has 0 bridgehead atoms. The van der Waals surface area contributed by atoms with E-state index in [-0.39, 0.29) is 17.3 Å². The summed E-state index contributed by atoms with van der Waals surface area (Å²) in [5.41, 5.74) is 0.476. The Morgan fingerprint density at radius 1 is 1.56 bits per heavy atom. The fraction of sp³-hybridized carbons (Fsp3) is 0.727. The minimum atomic E-state index is 0.0162. The molecule has 1 aromatic heterocycles. The maximum atomic E-state index is 12.1. The van der Waals surface area contributed by atoms with Crippen LogP contribution in [0, 0.1) is 5.92 Å². The molecule has 86 valence electrons. The maximum absolute atomic E-state index is 12.1. The standard InChI is InChI=1S/C11H15N3O2/c15-10(9-7-12-14-13-9)8-2-5-16-11(6-8)3-1-4-11/h7-8H,1-6H2,(H,12,13,14). The molecule has 1 aliphatic heterocycles. The van der Waals surface area contributed by atoms with Crippen molar-refractivity contribution in [2.24, 2.45) is 5.92 Å². The third kappa shape index (κ3) is 1.55. The number of aromatic amines is 1. The van der Waals surface area contributed by atoms with E-state index in [0.717, 1.165) is 25.7 Å². The van der Waals surface area contributed by atoms with Crippen molar-refractivity contribution >= 4 is 5.78 Å². The molecule has 1 saturated heterocycles. The highest BCUT2D eigenvalue weighted by molar-refractivity contribution is 5.95. The number of ketones is 1. The summed E-state index contributed by atoms with van der Waals surface area (Å²) < 4.78 is 5.80. The van der Waals surface area contributed by atoms with Crippen LogP contribution in [0.25, 0.3) is 0 Å². The van der Waals surface area contributed by atoms with Crippen molar-refractivity contribution in [3.63, 3.8) is 0 Å². The van der Waals surface area contributed by atoms with Gasteiger partial charge in [-0.2, -0.15) is 15.4 Å². The molecule has 16 heavy (non-hydrogen) atoms. The molecule has 2 aliphatic rings. The molecule has 1 aliphatic carbocycles. The van der Waals surface area contributed by atoms with E-state index in [2.05, 4.69) is 15.4 Å². The van der Waals surface area contributed by atoms with E-state index < -0.39 is 0 Å². The Kier molecular flexibility index (Phi) is 2.28. The molecular formula is C11H15N3O2. The monoisotopic (exact) mass is 221 g/mol. The first-order chi connectivity index (χ1) is 7.79. The van der Waals surface area contributed by atoms with Gasteiger partial charge in [-0.25, -0.2) is 0 Å². The zero-order valence-electron chi connectivity index (χ0n) is 9.11. The zero-order chi connectivity index (χ0) is 11.0. The van der Waals surface area contributed by atoms with Crippen LogP contribution in [0.1, 0.15) is 42.6 Å². The van der Waals surface area contributed by atoms with Gasteiger partial charge < -0.3 is 4.74 Å². The van der Waals surface area contributed by atoms with Crippen molar-refractivity contribution in [2.75, 3.05) is 6.61 Å². The zero-order valence-corrected chi connectivity index (χ0v) is 9.11. The number of carbonyl (C=O) groups is 1. The van der Waals surface area contributed by atoms with E-state index in [1.54, 1.807) is 0 Å². The first-order valence-corrected chi connectivity index (χ1v) is 5.83. The van der Waals surface area contributed by atoms with Gasteiger partial charge >= 0.3 is 0 Å². The van der Waals surface area contributed by atoms with Crippen LogP contribution in [-0.2, 0) is 4.74 Å². The van der Waals surface area contributed by atoms with Crippen molar-refractivity contribution in [2.45, 2.75) is 37.7 Å². The quantitative estimate of drug-likeness (QED) is 0.765. The van der Waals surface area contributed by atoms with Crippen molar-refractivity contribution in [1.82, 2.24) is 15.4 Å². The number of nitrogens with one attached hydrogen (secondary N) is 1. The summed E-state index contributed by atoms with van der Waals surface area (Å²) in [6.07, 6.45) is 6.62. The Morgan fingerprint density at radius 3 is 3.06 bits per heavy atom. The van der Waals surface area contributed by atoms with E-state index in [1.165, 1.54) is 12.6 Å². The van der Waals surface area contributed by atoms with Crippen molar-refractivity contribution in [3.8, 4) is 0 Å². The smallest absolute Gasteiger partial charge is 0.187 e. The average Bonchev–Trinajstić information content (AvgIpc) is 2.79. The van der Waals surface area contributed by atoms with Gasteiger partial charge in [0.05, 0.1) is 11.8 Å². The average molecular weight is 221 g/mol. The molecule has 3 rings (SSSR count). The second kappa shape index (κ2) is 3.66. The van der Waals surface area contributed by atoms with Crippen LogP contribution >= 0.6 is 0 Å². The Bertz CT molecular complexity index is 384. The fourth-order valence-electron chi connectivity index (χ4n) is 2.70. The van der Waals surface area contributed by atoms with E-state index >= 15 is 0 Å². The van der Waals surface area contributed by atoms with Crippen LogP contribution in [0.5, 0.6) is 0 Å². The van der Waals surface area contributed by atoms with Gasteiger partial charge in [-0.1, -0.05) is 0 Å². The number of Topliss-reactive ketones (excluding diaryl/α,β-unsaturated/α-hetero) is 1. The molecule has 2 heterocycles. The third-order valence-corrected chi connectivity index (χ3v) is 3.80. The number of ether oxygens (including phenoxy) is 1. The molecule has 0 aromatic carbocycles. The molecule has 0 radical (unpaired) electrons. The molecule has 1 atom stereocenters. The highest BCUT2D eigenvalue weighted by atomic mass is 16.5. The van der Waals surface area contributed by atoms with Gasteiger partial charge in [0.1, 0.15) is 5.69 Å². The molecule has 1 aromatic rings. The Labute approximate surface area is 93.6 Å². The first kappa shape index (κ1) is 9.96. The van der Waals surface area contributed by atoms with Crippen LogP contribution in [0.15, 0.2) is 6.20 Å². The lowest BCUT2D eigenvalue weighted by atomic mass is 9.71. The van der Waals surface area contributed by atoms with Crippen molar-refractivity contribution < 1.29 is 9.53 Å². The lowest BCUT2D eigenvalue weighted by molar-refractivity contribution is -0.137. The van der Waals surface area contributed by atoms with E-state index in [4.69, 9.17) is 4.74 Å². The highest BCUT2D eigenvalue weighted by Gasteiger charge is 2.44. The lowest BCUT2D eigenvalue weighted by Gasteiger charge is -2.46. The number of H-pyrrole nitrogens is 1. The second-order valence-corrected chi connectivity index (χ2v) is 4.79. The number of hydrogen-bond donors (Lipinski definition) is 1. The van der Waals surface area contributed by atoms with Gasteiger partial charge in [-0.15, -0.1) is 0 Å². The van der Waals surface area contributed by atoms with Crippen LogP contribution in [0.2, 0.25) is 0 Å². The van der Waals surface area contributed by atoms with Crippen LogP contribution in [0.4, 0.5) is 0 Å². The van der Waals surface area contributed by atoms with E-state index in [1.807, 2.05) is 0 Å². The summed E-state index contributed by atoms with van der Waals surface area (Å²) in [4.78, 5) is 12.1. The lowest BCUT2D eigenvalue weighted by Crippen LogP contribution is -2.47. The normalized spacial score (nSPS) is 27.6. The van der Waals surface area contributed by atoms with Gasteiger partial charge in [0.2, 0.25) is 0 Å². The van der Waals surface area contributed by atoms with Gasteiger partial charge in [-0.3, -0.25) is 4.79 Å². The number of aromatic nitrogens is 3. The van der Waals surface area contributed by atoms with Crippen molar-refractivity contribution in [3.05, 3.63) is 11.9 Å². The number of hydrogen-bond acceptors (Lipinski definition) is 4. The van der Waals surface area contributed by atoms with Gasteiger partial charge in [0.25, 0.3) is 0 Å². The van der Waals surface area contributed by atoms with Crippen LogP contribution in [-0.4, -0.2) is 33.4 Å². The summed E-state index contributed by atoms with van der Waals surface area (Å²) in [5, 5.41) is 10.0. The predicted molar refractivity (Wildman–Crippen MR) is 56.0 cm³/mol. The first-order valence-electron chi connectivity index (χ1n) is 5.83. The van der Waals surface area contributed by atoms with Crippen LogP contribution in [0.3, 0.4) is 0 Å². The number of rotatable bonds is 2. The largest absolute Gasteiger partial charge is 0.375 e. The van der Waals surface area contributed by atoms with E-state index in [0.29, 0.717) is 12.3 Å². The summed E-state index contributed by atoms with van der Waals surface area (Å²) in [7, 11) is 0. The van der Waals surface area contributed by atoms with Gasteiger partial charge in [-0.05, 0) is 32.1 Å². The molecule has 1 unspecified atom stereocenters. The third-order valence-electron chi connectivity index (χ3n) is 3.80. The Balaban J connectivity index is 1.73. The summed E-state index contributed by atoms with van der Waals surface area (Å²) in [6.45, 7) is 0.703. The number of carbonyl (C=O) groups excluding carboxylic acids is 1. The summed E-state index contributed by atoms with van der Waals surface area (Å²) >= 11 is 0. The second-order valence-electron chi connectivity index (χ2n) is 4.79. The topological polar surface area (TPSA) is 67.9 Å². The molecule has 1 spiro atoms. The molecule has 2 fully saturated rings. The minimum absolute atomic E-state index is 0.0162. The summed E-state index contributed by atoms with van der Waals surface area (Å²) in [5.74, 6) is 0.183. The molecule has 1 saturated carbocycles. The highest BCUT2D eigenvalue weighted by Crippen LogP contribution is 2.44. The Hall–Kier alpha value is -1.23. The maximum Gasteiger partial charge on any atom is 0.187 e. The Morgan fingerprint density at radius 2 is 2.44 bits per heavy atom. The predicted octanol–water partition coefficient (Wildman–Crippen LogP) is 1.34. The fourth-order valence-corrected chi connectivity index (χ4v) is 2.70.